The number of hydrogen-bond donors (Lipinski definition) is 0. The molecule has 0 aromatic heterocycles. The van der Waals surface area contributed by atoms with Gasteiger partial charge in [-0.05, 0) is 24.5 Å². The SMILES string of the molecule is COCCOOC(=O)C(CC(C)C)C(=O)c1c(OC)cccc1OC. The van der Waals surface area contributed by atoms with Gasteiger partial charge in [-0.25, -0.2) is 4.79 Å². The molecule has 1 aromatic rings. The van der Waals surface area contributed by atoms with E-state index in [0.29, 0.717) is 17.9 Å². The quantitative estimate of drug-likeness (QED) is 0.199. The summed E-state index contributed by atoms with van der Waals surface area (Å²) in [6.45, 7) is 4.19. The van der Waals surface area contributed by atoms with Crippen molar-refractivity contribution >= 4 is 11.8 Å². The lowest BCUT2D eigenvalue weighted by molar-refractivity contribution is -0.278. The lowest BCUT2D eigenvalue weighted by Crippen LogP contribution is -2.29. The van der Waals surface area contributed by atoms with Crippen molar-refractivity contribution in [1.82, 2.24) is 0 Å². The first kappa shape index (κ1) is 20.9. The molecule has 0 saturated heterocycles. The van der Waals surface area contributed by atoms with Gasteiger partial charge in [0.25, 0.3) is 0 Å². The van der Waals surface area contributed by atoms with Crippen LogP contribution in [0.5, 0.6) is 11.5 Å². The molecule has 0 heterocycles. The number of ether oxygens (including phenoxy) is 3. The van der Waals surface area contributed by atoms with Crippen molar-refractivity contribution in [2.24, 2.45) is 11.8 Å². The molecular formula is C18H26O7. The van der Waals surface area contributed by atoms with Crippen LogP contribution < -0.4 is 9.47 Å². The normalized spacial score (nSPS) is 11.9. The van der Waals surface area contributed by atoms with Crippen LogP contribution in [0.4, 0.5) is 0 Å². The molecule has 0 aliphatic rings. The van der Waals surface area contributed by atoms with Gasteiger partial charge in [-0.1, -0.05) is 19.9 Å². The Labute approximate surface area is 148 Å². The highest BCUT2D eigenvalue weighted by Crippen LogP contribution is 2.32. The number of benzene rings is 1. The Balaban J connectivity index is 3.06. The zero-order chi connectivity index (χ0) is 18.8. The monoisotopic (exact) mass is 354 g/mol. The van der Waals surface area contributed by atoms with Crippen LogP contribution in [0.1, 0.15) is 30.6 Å². The molecule has 1 rings (SSSR count). The zero-order valence-corrected chi connectivity index (χ0v) is 15.4. The Hall–Kier alpha value is -2.12. The van der Waals surface area contributed by atoms with Gasteiger partial charge in [0.1, 0.15) is 29.6 Å². The van der Waals surface area contributed by atoms with Crippen LogP contribution in [-0.2, 0) is 19.3 Å². The van der Waals surface area contributed by atoms with E-state index in [1.165, 1.54) is 21.3 Å². The average Bonchev–Trinajstić information content (AvgIpc) is 2.61. The third-order valence-electron chi connectivity index (χ3n) is 3.49. The smallest absolute Gasteiger partial charge is 0.353 e. The molecule has 0 bridgehead atoms. The molecule has 1 aromatic carbocycles. The second-order valence-electron chi connectivity index (χ2n) is 5.80. The second kappa shape index (κ2) is 10.7. The largest absolute Gasteiger partial charge is 0.496 e. The van der Waals surface area contributed by atoms with Crippen LogP contribution in [0, 0.1) is 11.8 Å². The molecule has 0 amide bonds. The predicted molar refractivity (Wildman–Crippen MR) is 90.7 cm³/mol. The first-order valence-electron chi connectivity index (χ1n) is 8.03. The number of Topliss-reactive ketones (excluding diaryl/α,β-unsaturated/α-hetero) is 1. The minimum absolute atomic E-state index is 0.0861. The molecule has 0 aliphatic carbocycles. The van der Waals surface area contributed by atoms with Crippen molar-refractivity contribution < 1.29 is 33.6 Å². The summed E-state index contributed by atoms with van der Waals surface area (Å²) in [6.07, 6.45) is 0.312. The van der Waals surface area contributed by atoms with Crippen molar-refractivity contribution in [2.45, 2.75) is 20.3 Å². The Morgan fingerprint density at radius 2 is 1.60 bits per heavy atom. The van der Waals surface area contributed by atoms with Gasteiger partial charge in [0.2, 0.25) is 0 Å². The zero-order valence-electron chi connectivity index (χ0n) is 15.4. The van der Waals surface area contributed by atoms with Crippen LogP contribution in [-0.4, -0.2) is 46.3 Å². The molecule has 0 N–H and O–H groups in total. The van der Waals surface area contributed by atoms with Crippen molar-refractivity contribution in [3.05, 3.63) is 23.8 Å². The summed E-state index contributed by atoms with van der Waals surface area (Å²) in [5, 5.41) is 0. The van der Waals surface area contributed by atoms with Gasteiger partial charge in [-0.15, -0.1) is 0 Å². The fourth-order valence-electron chi connectivity index (χ4n) is 2.33. The van der Waals surface area contributed by atoms with Gasteiger partial charge < -0.3 is 14.2 Å². The molecule has 0 saturated carbocycles. The fourth-order valence-corrected chi connectivity index (χ4v) is 2.33. The lowest BCUT2D eigenvalue weighted by atomic mass is 9.89. The van der Waals surface area contributed by atoms with E-state index >= 15 is 0 Å². The van der Waals surface area contributed by atoms with Gasteiger partial charge in [-0.3, -0.25) is 9.68 Å². The summed E-state index contributed by atoms with van der Waals surface area (Å²) in [6, 6.07) is 4.99. The van der Waals surface area contributed by atoms with Crippen LogP contribution in [0.2, 0.25) is 0 Å². The molecule has 7 heteroatoms. The van der Waals surface area contributed by atoms with E-state index in [4.69, 9.17) is 24.0 Å². The van der Waals surface area contributed by atoms with Crippen molar-refractivity contribution in [1.29, 1.82) is 0 Å². The topological polar surface area (TPSA) is 80.3 Å². The molecule has 1 atom stereocenters. The maximum absolute atomic E-state index is 13.0. The highest BCUT2D eigenvalue weighted by molar-refractivity contribution is 6.11. The predicted octanol–water partition coefficient (Wildman–Crippen LogP) is 2.67. The van der Waals surface area contributed by atoms with Crippen molar-refractivity contribution in [3.8, 4) is 11.5 Å². The summed E-state index contributed by atoms with van der Waals surface area (Å²) in [5.41, 5.74) is 0.215. The Kier molecular flexibility index (Phi) is 8.94. The molecule has 0 radical (unpaired) electrons. The highest BCUT2D eigenvalue weighted by Gasteiger charge is 2.34. The highest BCUT2D eigenvalue weighted by atomic mass is 17.2. The van der Waals surface area contributed by atoms with Gasteiger partial charge in [0, 0.05) is 7.11 Å². The minimum atomic E-state index is -1.02. The fraction of sp³-hybridized carbons (Fsp3) is 0.556. The number of carbonyl (C=O) groups is 2. The summed E-state index contributed by atoms with van der Waals surface area (Å²) in [7, 11) is 4.41. The van der Waals surface area contributed by atoms with Crippen LogP contribution in [0.25, 0.3) is 0 Å². The van der Waals surface area contributed by atoms with Gasteiger partial charge in [0.15, 0.2) is 5.78 Å². The standard InChI is InChI=1S/C18H26O7/c1-12(2)11-13(18(20)25-24-10-9-21-3)17(19)16-14(22-4)7-6-8-15(16)23-5/h6-8,12-13H,9-11H2,1-5H3. The summed E-state index contributed by atoms with van der Waals surface area (Å²) < 4.78 is 15.3. The molecule has 0 aliphatic heterocycles. The van der Waals surface area contributed by atoms with Crippen LogP contribution in [0.15, 0.2) is 18.2 Å². The van der Waals surface area contributed by atoms with E-state index in [2.05, 4.69) is 0 Å². The van der Waals surface area contributed by atoms with Gasteiger partial charge in [-0.2, -0.15) is 4.89 Å². The number of carbonyl (C=O) groups excluding carboxylic acids is 2. The number of hydrogen-bond acceptors (Lipinski definition) is 7. The Morgan fingerprint density at radius 3 is 2.08 bits per heavy atom. The van der Waals surface area contributed by atoms with Crippen LogP contribution >= 0.6 is 0 Å². The van der Waals surface area contributed by atoms with E-state index in [1.54, 1.807) is 18.2 Å². The third kappa shape index (κ3) is 6.03. The average molecular weight is 354 g/mol. The van der Waals surface area contributed by atoms with Gasteiger partial charge >= 0.3 is 5.97 Å². The summed E-state index contributed by atoms with van der Waals surface area (Å²) in [4.78, 5) is 35.0. The minimum Gasteiger partial charge on any atom is -0.496 e. The number of rotatable bonds is 11. The van der Waals surface area contributed by atoms with Gasteiger partial charge in [0.05, 0.1) is 20.8 Å². The van der Waals surface area contributed by atoms with E-state index in [-0.39, 0.29) is 24.7 Å². The molecule has 25 heavy (non-hydrogen) atoms. The Bertz CT molecular complexity index is 546. The first-order valence-corrected chi connectivity index (χ1v) is 8.03. The summed E-state index contributed by atoms with van der Waals surface area (Å²) in [5.74, 6) is -1.42. The molecule has 0 spiro atoms. The van der Waals surface area contributed by atoms with Crippen molar-refractivity contribution in [3.63, 3.8) is 0 Å². The molecule has 7 nitrogen and oxygen atoms in total. The van der Waals surface area contributed by atoms with E-state index in [0.717, 1.165) is 0 Å². The maximum Gasteiger partial charge on any atom is 0.353 e. The molecule has 140 valence electrons. The number of methoxy groups -OCH3 is 3. The molecular weight excluding hydrogens is 328 g/mol. The maximum atomic E-state index is 13.0. The first-order chi connectivity index (χ1) is 12.0. The Morgan fingerprint density at radius 1 is 1.00 bits per heavy atom. The van der Waals surface area contributed by atoms with E-state index in [1.807, 2.05) is 13.8 Å². The van der Waals surface area contributed by atoms with Crippen LogP contribution in [0.3, 0.4) is 0 Å². The third-order valence-corrected chi connectivity index (χ3v) is 3.49. The van der Waals surface area contributed by atoms with Crippen molar-refractivity contribution in [2.75, 3.05) is 34.5 Å². The number of ketones is 1. The lowest BCUT2D eigenvalue weighted by Gasteiger charge is -2.19. The molecule has 0 fully saturated rings. The molecule has 1 unspecified atom stereocenters. The second-order valence-corrected chi connectivity index (χ2v) is 5.80. The van der Waals surface area contributed by atoms with E-state index < -0.39 is 17.7 Å². The van der Waals surface area contributed by atoms with E-state index in [9.17, 15) is 9.59 Å². The summed E-state index contributed by atoms with van der Waals surface area (Å²) >= 11 is 0.